The summed E-state index contributed by atoms with van der Waals surface area (Å²) in [5.74, 6) is -1.99. The largest absolute Gasteiger partial charge is 0.380 e. The summed E-state index contributed by atoms with van der Waals surface area (Å²) in [4.78, 5) is 58.7. The Balaban J connectivity index is 1.72. The van der Waals surface area contributed by atoms with Gasteiger partial charge in [0.15, 0.2) is 23.3 Å². The zero-order valence-corrected chi connectivity index (χ0v) is 22.2. The zero-order chi connectivity index (χ0) is 28.5. The molecule has 2 aromatic carbocycles. The first-order valence-corrected chi connectivity index (χ1v) is 12.6. The molecule has 206 valence electrons. The number of carbonyl (C=O) groups excluding carboxylic acids is 4. The van der Waals surface area contributed by atoms with Gasteiger partial charge in [0.05, 0.1) is 0 Å². The van der Waals surface area contributed by atoms with E-state index < -0.39 is 54.0 Å². The third-order valence-electron chi connectivity index (χ3n) is 7.09. The number of urea groups is 1. The van der Waals surface area contributed by atoms with E-state index in [0.29, 0.717) is 23.2 Å². The molecule has 0 aromatic heterocycles. The van der Waals surface area contributed by atoms with Gasteiger partial charge < -0.3 is 19.8 Å². The summed E-state index contributed by atoms with van der Waals surface area (Å²) in [6, 6.07) is 12.6. The number of nitrogens with zero attached hydrogens (tertiary/aromatic N) is 3. The molecule has 39 heavy (non-hydrogen) atoms. The van der Waals surface area contributed by atoms with Gasteiger partial charge >= 0.3 is 6.03 Å². The molecule has 11 heteroatoms. The number of nitrogens with one attached hydrogen (secondary N) is 1. The number of Topliss-reactive ketones (excluding diaryl/α,β-unsaturated/α-hetero) is 2. The monoisotopic (exact) mass is 536 g/mol. The summed E-state index contributed by atoms with van der Waals surface area (Å²) < 4.78 is 5.96. The number of hydrogen-bond acceptors (Lipinski definition) is 8. The standard InChI is InChI=1S/C28H32N4O7/c1-5-31-15-32(27(37)30-26(31)29-18(4)33)21-14-28(38,24(36)20-13-9-7-11-17(20)3)25(39-21)23(35)22(34)19-12-8-6-10-16(19)2/h6-13,21-22,25,34,38H,5,14-15H2,1-4H3,(H,29,30,33,37)/t21-,22?,25-,28-/m1/s1. The maximum Gasteiger partial charge on any atom is 0.350 e. The van der Waals surface area contributed by atoms with E-state index in [-0.39, 0.29) is 18.2 Å². The SMILES string of the molecule is CCN1CN([C@H]2C[C@@](O)(C(=O)c3ccccc3C)[C@@H](C(=O)C(O)c3ccccc3C)O2)C(=O)N=C1NC(C)=O. The number of rotatable bonds is 7. The summed E-state index contributed by atoms with van der Waals surface area (Å²) in [7, 11) is 0. The van der Waals surface area contributed by atoms with E-state index in [1.165, 1.54) is 17.9 Å². The van der Waals surface area contributed by atoms with Crippen molar-refractivity contribution in [1.29, 1.82) is 0 Å². The van der Waals surface area contributed by atoms with Gasteiger partial charge in [0, 0.05) is 25.5 Å². The van der Waals surface area contributed by atoms with Gasteiger partial charge in [0.25, 0.3) is 0 Å². The van der Waals surface area contributed by atoms with Crippen LogP contribution < -0.4 is 5.32 Å². The molecule has 2 aliphatic rings. The second-order valence-corrected chi connectivity index (χ2v) is 9.77. The Labute approximate surface area is 226 Å². The van der Waals surface area contributed by atoms with Crippen LogP contribution in [-0.4, -0.2) is 80.6 Å². The maximum atomic E-state index is 13.8. The van der Waals surface area contributed by atoms with Gasteiger partial charge in [-0.3, -0.25) is 24.6 Å². The molecule has 0 radical (unpaired) electrons. The van der Waals surface area contributed by atoms with Crippen LogP contribution in [0.3, 0.4) is 0 Å². The van der Waals surface area contributed by atoms with Crippen molar-refractivity contribution in [3.05, 3.63) is 70.8 Å². The van der Waals surface area contributed by atoms with Crippen LogP contribution in [0.1, 0.15) is 53.4 Å². The molecule has 0 aliphatic carbocycles. The fraction of sp³-hybridized carbons (Fsp3) is 0.393. The minimum atomic E-state index is -2.38. The smallest absolute Gasteiger partial charge is 0.350 e. The highest BCUT2D eigenvalue weighted by atomic mass is 16.5. The second kappa shape index (κ2) is 11.0. The van der Waals surface area contributed by atoms with Crippen molar-refractivity contribution in [1.82, 2.24) is 15.1 Å². The van der Waals surface area contributed by atoms with E-state index >= 15 is 0 Å². The van der Waals surface area contributed by atoms with Gasteiger partial charge in [0.1, 0.15) is 19.0 Å². The van der Waals surface area contributed by atoms with Crippen LogP contribution in [0, 0.1) is 13.8 Å². The van der Waals surface area contributed by atoms with Gasteiger partial charge in [-0.15, -0.1) is 0 Å². The summed E-state index contributed by atoms with van der Waals surface area (Å²) in [5, 5.41) is 25.4. The van der Waals surface area contributed by atoms with Crippen molar-refractivity contribution in [2.45, 2.75) is 58.2 Å². The summed E-state index contributed by atoms with van der Waals surface area (Å²) in [6.45, 7) is 6.81. The molecule has 3 N–H and O–H groups in total. The van der Waals surface area contributed by atoms with E-state index in [4.69, 9.17) is 4.74 Å². The molecule has 0 spiro atoms. The van der Waals surface area contributed by atoms with Crippen LogP contribution in [0.15, 0.2) is 53.5 Å². The molecule has 1 unspecified atom stereocenters. The lowest BCUT2D eigenvalue weighted by molar-refractivity contribution is -0.149. The number of aliphatic hydroxyl groups is 2. The van der Waals surface area contributed by atoms with Crippen molar-refractivity contribution in [2.24, 2.45) is 4.99 Å². The molecule has 4 atom stereocenters. The molecule has 2 aromatic rings. The number of aryl methyl sites for hydroxylation is 2. The van der Waals surface area contributed by atoms with Crippen LogP contribution in [0.4, 0.5) is 4.79 Å². The summed E-state index contributed by atoms with van der Waals surface area (Å²) in [6.07, 6.45) is -5.09. The van der Waals surface area contributed by atoms with Crippen molar-refractivity contribution < 1.29 is 34.1 Å². The first kappa shape index (κ1) is 28.1. The topological polar surface area (TPSA) is 149 Å². The van der Waals surface area contributed by atoms with Gasteiger partial charge in [0.2, 0.25) is 11.9 Å². The van der Waals surface area contributed by atoms with E-state index in [0.717, 1.165) is 0 Å². The van der Waals surface area contributed by atoms with Crippen LogP contribution in [0.5, 0.6) is 0 Å². The lowest BCUT2D eigenvalue weighted by Gasteiger charge is -2.37. The van der Waals surface area contributed by atoms with Crippen molar-refractivity contribution >= 4 is 29.5 Å². The predicted molar refractivity (Wildman–Crippen MR) is 141 cm³/mol. The van der Waals surface area contributed by atoms with E-state index in [2.05, 4.69) is 10.3 Å². The lowest BCUT2D eigenvalue weighted by Crippen LogP contribution is -2.56. The molecular weight excluding hydrogens is 504 g/mol. The molecular formula is C28H32N4O7. The molecule has 0 saturated carbocycles. The number of aliphatic hydroxyl groups excluding tert-OH is 1. The first-order valence-electron chi connectivity index (χ1n) is 12.6. The molecule has 11 nitrogen and oxygen atoms in total. The Hall–Kier alpha value is -3.93. The van der Waals surface area contributed by atoms with Gasteiger partial charge in [-0.25, -0.2) is 4.79 Å². The first-order chi connectivity index (χ1) is 18.5. The lowest BCUT2D eigenvalue weighted by atomic mass is 9.81. The number of hydrogen-bond donors (Lipinski definition) is 3. The maximum absolute atomic E-state index is 13.8. The van der Waals surface area contributed by atoms with Crippen molar-refractivity contribution in [2.75, 3.05) is 13.2 Å². The normalized spacial score (nSPS) is 23.8. The molecule has 1 saturated heterocycles. The average molecular weight is 537 g/mol. The number of benzene rings is 2. The minimum absolute atomic E-state index is 0.0677. The molecule has 4 rings (SSSR count). The minimum Gasteiger partial charge on any atom is -0.380 e. The van der Waals surface area contributed by atoms with E-state index in [9.17, 15) is 29.4 Å². The Morgan fingerprint density at radius 3 is 2.38 bits per heavy atom. The summed E-state index contributed by atoms with van der Waals surface area (Å²) >= 11 is 0. The third kappa shape index (κ3) is 5.33. The highest BCUT2D eigenvalue weighted by molar-refractivity contribution is 6.08. The van der Waals surface area contributed by atoms with Gasteiger partial charge in [-0.05, 0) is 37.5 Å². The fourth-order valence-corrected chi connectivity index (χ4v) is 4.91. The number of amides is 3. The number of ether oxygens (including phenoxy) is 1. The van der Waals surface area contributed by atoms with E-state index in [1.807, 2.05) is 0 Å². The quantitative estimate of drug-likeness (QED) is 0.454. The van der Waals surface area contributed by atoms with Crippen molar-refractivity contribution in [3.63, 3.8) is 0 Å². The van der Waals surface area contributed by atoms with Crippen LogP contribution in [0.2, 0.25) is 0 Å². The zero-order valence-electron chi connectivity index (χ0n) is 22.2. The fourth-order valence-electron chi connectivity index (χ4n) is 4.91. The van der Waals surface area contributed by atoms with Gasteiger partial charge in [-0.1, -0.05) is 48.5 Å². The summed E-state index contributed by atoms with van der Waals surface area (Å²) in [5.41, 5.74) is -0.641. The average Bonchev–Trinajstić information content (AvgIpc) is 3.26. The number of aliphatic imine (C=N–C) groups is 1. The number of guanidine groups is 1. The highest BCUT2D eigenvalue weighted by Gasteiger charge is 2.59. The second-order valence-electron chi connectivity index (χ2n) is 9.77. The number of carbonyl (C=O) groups is 4. The Kier molecular flexibility index (Phi) is 7.96. The Bertz CT molecular complexity index is 1340. The predicted octanol–water partition coefficient (Wildman–Crippen LogP) is 1.84. The third-order valence-corrected chi connectivity index (χ3v) is 7.09. The Morgan fingerprint density at radius 2 is 1.77 bits per heavy atom. The van der Waals surface area contributed by atoms with E-state index in [1.54, 1.807) is 68.1 Å². The van der Waals surface area contributed by atoms with Gasteiger partial charge in [-0.2, -0.15) is 4.99 Å². The Morgan fingerprint density at radius 1 is 1.13 bits per heavy atom. The molecule has 2 aliphatic heterocycles. The van der Waals surface area contributed by atoms with Crippen molar-refractivity contribution in [3.8, 4) is 0 Å². The van der Waals surface area contributed by atoms with Crippen LogP contribution in [0.25, 0.3) is 0 Å². The molecule has 2 heterocycles. The molecule has 0 bridgehead atoms. The van der Waals surface area contributed by atoms with Crippen LogP contribution in [-0.2, 0) is 14.3 Å². The molecule has 1 fully saturated rings. The molecule has 3 amide bonds. The highest BCUT2D eigenvalue weighted by Crippen LogP contribution is 2.39. The number of ketones is 2. The van der Waals surface area contributed by atoms with Crippen LogP contribution >= 0.6 is 0 Å².